The van der Waals surface area contributed by atoms with E-state index < -0.39 is 17.7 Å². The summed E-state index contributed by atoms with van der Waals surface area (Å²) in [5.41, 5.74) is 2.84. The van der Waals surface area contributed by atoms with E-state index in [1.165, 1.54) is 35.5 Å². The third-order valence-corrected chi connectivity index (χ3v) is 6.99. The molecule has 1 fully saturated rings. The monoisotopic (exact) mass is 487 g/mol. The van der Waals surface area contributed by atoms with Crippen molar-refractivity contribution >= 4 is 57.7 Å². The van der Waals surface area contributed by atoms with Crippen molar-refractivity contribution < 1.29 is 19.4 Å². The topological polar surface area (TPSA) is 66.8 Å². The Hall–Kier alpha value is -2.80. The smallest absolute Gasteiger partial charge is 0.300 e. The van der Waals surface area contributed by atoms with Crippen LogP contribution in [0.5, 0.6) is 5.75 Å². The highest BCUT2D eigenvalue weighted by atomic mass is 35.5. The molecule has 0 saturated carbocycles. The molecule has 1 unspecified atom stereocenters. The first-order chi connectivity index (χ1) is 15.2. The Bertz CT molecular complexity index is 1240. The second-order valence-corrected chi connectivity index (χ2v) is 9.22. The van der Waals surface area contributed by atoms with Crippen LogP contribution in [-0.4, -0.2) is 23.9 Å². The molecule has 1 aliphatic rings. The Morgan fingerprint density at radius 3 is 2.31 bits per heavy atom. The third kappa shape index (κ3) is 3.68. The van der Waals surface area contributed by atoms with E-state index >= 15 is 0 Å². The minimum atomic E-state index is -0.781. The van der Waals surface area contributed by atoms with Gasteiger partial charge in [-0.25, -0.2) is 0 Å². The van der Waals surface area contributed by atoms with Crippen molar-refractivity contribution in [3.05, 3.63) is 85.0 Å². The molecule has 4 rings (SSSR count). The molecule has 0 aliphatic carbocycles. The highest BCUT2D eigenvalue weighted by Crippen LogP contribution is 2.45. The van der Waals surface area contributed by atoms with Crippen LogP contribution in [0.1, 0.15) is 27.6 Å². The van der Waals surface area contributed by atoms with Crippen molar-refractivity contribution in [2.24, 2.45) is 0 Å². The van der Waals surface area contributed by atoms with E-state index in [4.69, 9.17) is 27.9 Å². The number of anilines is 1. The Kier molecular flexibility index (Phi) is 6.03. The maximum Gasteiger partial charge on any atom is 0.300 e. The summed E-state index contributed by atoms with van der Waals surface area (Å²) in [5, 5.41) is 13.4. The van der Waals surface area contributed by atoms with E-state index in [1.807, 2.05) is 43.5 Å². The number of aliphatic hydroxyl groups excluding tert-OH is 1. The minimum absolute atomic E-state index is 0.0204. The first kappa shape index (κ1) is 22.4. The molecule has 5 nitrogen and oxygen atoms in total. The summed E-state index contributed by atoms with van der Waals surface area (Å²) in [5.74, 6) is -1.57. The van der Waals surface area contributed by atoms with E-state index in [0.717, 1.165) is 16.0 Å². The summed E-state index contributed by atoms with van der Waals surface area (Å²) in [4.78, 5) is 28.5. The quantitative estimate of drug-likeness (QED) is 0.266. The van der Waals surface area contributed by atoms with Gasteiger partial charge in [-0.3, -0.25) is 14.5 Å². The molecule has 0 bridgehead atoms. The second-order valence-electron chi connectivity index (χ2n) is 7.43. The fourth-order valence-electron chi connectivity index (χ4n) is 3.74. The fourth-order valence-corrected chi connectivity index (χ4v) is 5.20. The number of aliphatic hydroxyl groups is 1. The van der Waals surface area contributed by atoms with Crippen LogP contribution in [0, 0.1) is 13.8 Å². The number of hydrogen-bond acceptors (Lipinski definition) is 5. The van der Waals surface area contributed by atoms with Crippen LogP contribution in [0.4, 0.5) is 5.69 Å². The molecule has 1 amide bonds. The highest BCUT2D eigenvalue weighted by molar-refractivity contribution is 7.10. The van der Waals surface area contributed by atoms with Gasteiger partial charge < -0.3 is 9.84 Å². The number of aryl methyl sites for hydroxylation is 2. The highest BCUT2D eigenvalue weighted by Gasteiger charge is 2.47. The third-order valence-electron chi connectivity index (χ3n) is 5.50. The average molecular weight is 488 g/mol. The zero-order valence-electron chi connectivity index (χ0n) is 17.5. The van der Waals surface area contributed by atoms with E-state index in [-0.39, 0.29) is 32.7 Å². The average Bonchev–Trinajstić information content (AvgIpc) is 3.36. The van der Waals surface area contributed by atoms with Crippen LogP contribution in [0.3, 0.4) is 0 Å². The Morgan fingerprint density at radius 1 is 1.06 bits per heavy atom. The lowest BCUT2D eigenvalue weighted by Crippen LogP contribution is -2.29. The molecule has 1 aromatic heterocycles. The van der Waals surface area contributed by atoms with Crippen molar-refractivity contribution in [2.75, 3.05) is 12.0 Å². The number of carbonyl (C=O) groups excluding carboxylic acids is 2. The summed E-state index contributed by atoms with van der Waals surface area (Å²) in [7, 11) is 1.43. The number of ether oxygens (including phenoxy) is 1. The van der Waals surface area contributed by atoms with Crippen LogP contribution < -0.4 is 9.64 Å². The Morgan fingerprint density at radius 2 is 1.75 bits per heavy atom. The summed E-state index contributed by atoms with van der Waals surface area (Å²) in [6.07, 6.45) is 0. The van der Waals surface area contributed by atoms with E-state index in [2.05, 4.69) is 0 Å². The summed E-state index contributed by atoms with van der Waals surface area (Å²) in [6.45, 7) is 3.91. The van der Waals surface area contributed by atoms with Crippen LogP contribution in [0.2, 0.25) is 10.0 Å². The number of rotatable bonds is 4. The van der Waals surface area contributed by atoms with Gasteiger partial charge in [-0.2, -0.15) is 0 Å². The predicted molar refractivity (Wildman–Crippen MR) is 128 cm³/mol. The van der Waals surface area contributed by atoms with Gasteiger partial charge in [0.1, 0.15) is 11.8 Å². The first-order valence-corrected chi connectivity index (χ1v) is 11.3. The van der Waals surface area contributed by atoms with Crippen molar-refractivity contribution in [1.29, 1.82) is 0 Å². The van der Waals surface area contributed by atoms with Gasteiger partial charge >= 0.3 is 0 Å². The molecule has 0 radical (unpaired) electrons. The normalized spacial score (nSPS) is 17.8. The largest absolute Gasteiger partial charge is 0.507 e. The standard InChI is InChI=1S/C24H19Cl2NO4S/c1-12-6-7-15(9-13(12)2)27-20(18-5-4-8-32-18)19(22(29)24(27)30)21(28)14-10-16(25)23(31-3)17(26)11-14/h4-11,20,28H,1-3H3/b21-19-. The summed E-state index contributed by atoms with van der Waals surface area (Å²) in [6, 6.07) is 11.4. The zero-order chi connectivity index (χ0) is 23.2. The molecule has 164 valence electrons. The van der Waals surface area contributed by atoms with E-state index in [9.17, 15) is 14.7 Å². The summed E-state index contributed by atoms with van der Waals surface area (Å²) >= 11 is 13.9. The van der Waals surface area contributed by atoms with Crippen molar-refractivity contribution in [3.63, 3.8) is 0 Å². The number of hydrogen-bond donors (Lipinski definition) is 1. The number of amides is 1. The molecular weight excluding hydrogens is 469 g/mol. The lowest BCUT2D eigenvalue weighted by atomic mass is 9.99. The molecule has 8 heteroatoms. The fraction of sp³-hybridized carbons (Fsp3) is 0.167. The van der Waals surface area contributed by atoms with Crippen LogP contribution >= 0.6 is 34.5 Å². The number of benzene rings is 2. The number of Topliss-reactive ketones (excluding diaryl/α,β-unsaturated/α-hetero) is 1. The second kappa shape index (κ2) is 8.62. The number of halogens is 2. The lowest BCUT2D eigenvalue weighted by Gasteiger charge is -2.25. The molecule has 1 N–H and O–H groups in total. The predicted octanol–water partition coefficient (Wildman–Crippen LogP) is 6.31. The summed E-state index contributed by atoms with van der Waals surface area (Å²) < 4.78 is 5.16. The maximum absolute atomic E-state index is 13.2. The van der Waals surface area contributed by atoms with Crippen LogP contribution in [0.15, 0.2) is 53.4 Å². The Labute approximate surface area is 199 Å². The minimum Gasteiger partial charge on any atom is -0.507 e. The number of ketones is 1. The molecule has 2 aromatic carbocycles. The molecule has 32 heavy (non-hydrogen) atoms. The van der Waals surface area contributed by atoms with Gasteiger partial charge in [-0.1, -0.05) is 35.3 Å². The molecule has 2 heterocycles. The van der Waals surface area contributed by atoms with Gasteiger partial charge in [0.05, 0.1) is 22.7 Å². The number of carbonyl (C=O) groups is 2. The van der Waals surface area contributed by atoms with Crippen molar-refractivity contribution in [2.45, 2.75) is 19.9 Å². The molecule has 1 saturated heterocycles. The van der Waals surface area contributed by atoms with Gasteiger partial charge in [-0.05, 0) is 60.7 Å². The van der Waals surface area contributed by atoms with Crippen LogP contribution in [0.25, 0.3) is 5.76 Å². The van der Waals surface area contributed by atoms with Gasteiger partial charge in [-0.15, -0.1) is 11.3 Å². The molecular formula is C24H19Cl2NO4S. The number of thiophene rings is 1. The zero-order valence-corrected chi connectivity index (χ0v) is 19.8. The maximum atomic E-state index is 13.2. The Balaban J connectivity index is 1.94. The van der Waals surface area contributed by atoms with Gasteiger partial charge in [0, 0.05) is 16.1 Å². The van der Waals surface area contributed by atoms with Crippen molar-refractivity contribution in [3.8, 4) is 5.75 Å². The van der Waals surface area contributed by atoms with Gasteiger partial charge in [0.15, 0.2) is 5.75 Å². The van der Waals surface area contributed by atoms with Crippen LogP contribution in [-0.2, 0) is 9.59 Å². The SMILES string of the molecule is COc1c(Cl)cc(/C(O)=C2/C(=O)C(=O)N(c3ccc(C)c(C)c3)C2c2cccs2)cc1Cl. The number of methoxy groups -OCH3 is 1. The van der Waals surface area contributed by atoms with Crippen molar-refractivity contribution in [1.82, 2.24) is 0 Å². The first-order valence-electron chi connectivity index (χ1n) is 9.69. The van der Waals surface area contributed by atoms with E-state index in [0.29, 0.717) is 5.69 Å². The molecule has 1 atom stereocenters. The lowest BCUT2D eigenvalue weighted by molar-refractivity contribution is -0.132. The van der Waals surface area contributed by atoms with Gasteiger partial charge in [0.2, 0.25) is 0 Å². The van der Waals surface area contributed by atoms with Gasteiger partial charge in [0.25, 0.3) is 11.7 Å². The van der Waals surface area contributed by atoms with E-state index in [1.54, 1.807) is 6.07 Å². The molecule has 3 aromatic rings. The number of nitrogens with zero attached hydrogens (tertiary/aromatic N) is 1. The molecule has 0 spiro atoms. The molecule has 1 aliphatic heterocycles.